The predicted octanol–water partition coefficient (Wildman–Crippen LogP) is 3.07. The third-order valence-electron chi connectivity index (χ3n) is 4.31. The van der Waals surface area contributed by atoms with Crippen LogP contribution in [-0.4, -0.2) is 14.5 Å². The molecule has 0 amide bonds. The van der Waals surface area contributed by atoms with Gasteiger partial charge in [-0.15, -0.1) is 0 Å². The first-order chi connectivity index (χ1) is 9.37. The van der Waals surface area contributed by atoms with Gasteiger partial charge in [0.15, 0.2) is 0 Å². The normalized spacial score (nSPS) is 27.4. The Morgan fingerprint density at radius 3 is 2.50 bits per heavy atom. The van der Waals surface area contributed by atoms with Crippen LogP contribution >= 0.6 is 0 Å². The Balaban J connectivity index is 2.02. The van der Waals surface area contributed by atoms with Crippen LogP contribution in [0.5, 0.6) is 0 Å². The van der Waals surface area contributed by atoms with Crippen LogP contribution in [0.25, 0.3) is 0 Å². The molecule has 0 spiro atoms. The van der Waals surface area contributed by atoms with Gasteiger partial charge in [-0.3, -0.25) is 0 Å². The van der Waals surface area contributed by atoms with Gasteiger partial charge in [0.05, 0.1) is 5.75 Å². The Labute approximate surface area is 120 Å². The van der Waals surface area contributed by atoms with E-state index in [1.54, 1.807) is 0 Å². The van der Waals surface area contributed by atoms with Crippen LogP contribution in [0.1, 0.15) is 38.7 Å². The topological polar surface area (TPSA) is 46.2 Å². The van der Waals surface area contributed by atoms with Gasteiger partial charge in [-0.1, -0.05) is 38.8 Å². The summed E-state index contributed by atoms with van der Waals surface area (Å²) in [6.45, 7) is 4.28. The van der Waals surface area contributed by atoms with Gasteiger partial charge in [-0.25, -0.2) is 17.5 Å². The van der Waals surface area contributed by atoms with Crippen molar-refractivity contribution in [1.82, 2.24) is 4.72 Å². The smallest absolute Gasteiger partial charge is 0.212 e. The molecule has 0 aromatic heterocycles. The Morgan fingerprint density at radius 2 is 1.85 bits per heavy atom. The van der Waals surface area contributed by atoms with Crippen molar-refractivity contribution >= 4 is 10.0 Å². The lowest BCUT2D eigenvalue weighted by molar-refractivity contribution is 0.227. The SMILES string of the molecule is CC1CCCC(NS(=O)(=O)Cc2ccc(F)cc2)C1C. The second kappa shape index (κ2) is 6.22. The molecular formula is C15H22FNO2S. The van der Waals surface area contributed by atoms with Crippen molar-refractivity contribution in [2.75, 3.05) is 0 Å². The molecule has 1 saturated carbocycles. The summed E-state index contributed by atoms with van der Waals surface area (Å²) in [4.78, 5) is 0. The first kappa shape index (κ1) is 15.4. The minimum Gasteiger partial charge on any atom is -0.212 e. The monoisotopic (exact) mass is 299 g/mol. The largest absolute Gasteiger partial charge is 0.216 e. The molecule has 3 nitrogen and oxygen atoms in total. The molecule has 1 aliphatic carbocycles. The van der Waals surface area contributed by atoms with Gasteiger partial charge < -0.3 is 0 Å². The van der Waals surface area contributed by atoms with Crippen molar-refractivity contribution in [1.29, 1.82) is 0 Å². The molecular weight excluding hydrogens is 277 g/mol. The molecule has 3 unspecified atom stereocenters. The fraction of sp³-hybridized carbons (Fsp3) is 0.600. The van der Waals surface area contributed by atoms with Crippen molar-refractivity contribution in [3.63, 3.8) is 0 Å². The van der Waals surface area contributed by atoms with E-state index in [-0.39, 0.29) is 17.6 Å². The molecule has 5 heteroatoms. The van der Waals surface area contributed by atoms with Crippen molar-refractivity contribution in [3.8, 4) is 0 Å². The number of benzene rings is 1. The van der Waals surface area contributed by atoms with Crippen molar-refractivity contribution in [2.45, 2.75) is 44.9 Å². The van der Waals surface area contributed by atoms with Crippen LogP contribution in [0.3, 0.4) is 0 Å². The lowest BCUT2D eigenvalue weighted by Gasteiger charge is -2.34. The zero-order chi connectivity index (χ0) is 14.8. The van der Waals surface area contributed by atoms with Crippen LogP contribution in [0.2, 0.25) is 0 Å². The molecule has 1 aromatic carbocycles. The summed E-state index contributed by atoms with van der Waals surface area (Å²) < 4.78 is 40.0. The van der Waals surface area contributed by atoms with Gasteiger partial charge in [0.25, 0.3) is 0 Å². The number of rotatable bonds is 4. The summed E-state index contributed by atoms with van der Waals surface area (Å²) in [5.74, 6) is 0.452. The molecule has 20 heavy (non-hydrogen) atoms. The summed E-state index contributed by atoms with van der Waals surface area (Å²) in [6.07, 6.45) is 3.13. The van der Waals surface area contributed by atoms with Gasteiger partial charge in [0, 0.05) is 6.04 Å². The van der Waals surface area contributed by atoms with Crippen LogP contribution in [0, 0.1) is 17.7 Å². The van der Waals surface area contributed by atoms with Crippen molar-refractivity contribution < 1.29 is 12.8 Å². The molecule has 0 aliphatic heterocycles. The van der Waals surface area contributed by atoms with Gasteiger partial charge in [0.2, 0.25) is 10.0 Å². The molecule has 0 heterocycles. The minimum absolute atomic E-state index is 0.0178. The fourth-order valence-corrected chi connectivity index (χ4v) is 4.33. The highest BCUT2D eigenvalue weighted by molar-refractivity contribution is 7.88. The highest BCUT2D eigenvalue weighted by atomic mass is 32.2. The molecule has 112 valence electrons. The molecule has 0 radical (unpaired) electrons. The maximum absolute atomic E-state index is 12.8. The molecule has 1 fully saturated rings. The minimum atomic E-state index is -3.38. The van der Waals surface area contributed by atoms with E-state index in [0.717, 1.165) is 19.3 Å². The molecule has 1 aromatic rings. The van der Waals surface area contributed by atoms with Gasteiger partial charge in [0.1, 0.15) is 5.82 Å². The maximum atomic E-state index is 12.8. The molecule has 1 N–H and O–H groups in total. The summed E-state index contributed by atoms with van der Waals surface area (Å²) >= 11 is 0. The fourth-order valence-electron chi connectivity index (χ4n) is 2.82. The highest BCUT2D eigenvalue weighted by Crippen LogP contribution is 2.30. The van der Waals surface area contributed by atoms with E-state index >= 15 is 0 Å². The van der Waals surface area contributed by atoms with E-state index in [9.17, 15) is 12.8 Å². The van der Waals surface area contributed by atoms with Gasteiger partial charge >= 0.3 is 0 Å². The number of sulfonamides is 1. The average molecular weight is 299 g/mol. The molecule has 3 atom stereocenters. The number of hydrogen-bond acceptors (Lipinski definition) is 2. The zero-order valence-electron chi connectivity index (χ0n) is 12.0. The lowest BCUT2D eigenvalue weighted by atomic mass is 9.78. The highest BCUT2D eigenvalue weighted by Gasteiger charge is 2.30. The molecule has 2 rings (SSSR count). The standard InChI is InChI=1S/C15H22FNO2S/c1-11-4-3-5-15(12(11)2)17-20(18,19)10-13-6-8-14(16)9-7-13/h6-9,11-12,15,17H,3-5,10H2,1-2H3. The first-order valence-electron chi connectivity index (χ1n) is 7.12. The van der Waals surface area contributed by atoms with E-state index in [1.807, 2.05) is 0 Å². The third-order valence-corrected chi connectivity index (χ3v) is 5.68. The van der Waals surface area contributed by atoms with E-state index in [4.69, 9.17) is 0 Å². The van der Waals surface area contributed by atoms with Crippen LogP contribution in [0.4, 0.5) is 4.39 Å². The van der Waals surface area contributed by atoms with Crippen molar-refractivity contribution in [2.24, 2.45) is 11.8 Å². The second-order valence-electron chi connectivity index (χ2n) is 5.88. The summed E-state index contributed by atoms with van der Waals surface area (Å²) in [7, 11) is -3.38. The number of nitrogens with one attached hydrogen (secondary N) is 1. The summed E-state index contributed by atoms with van der Waals surface area (Å²) in [5.41, 5.74) is 0.607. The molecule has 0 saturated heterocycles. The maximum Gasteiger partial charge on any atom is 0.216 e. The van der Waals surface area contributed by atoms with Gasteiger partial charge in [-0.2, -0.15) is 0 Å². The number of hydrogen-bond donors (Lipinski definition) is 1. The zero-order valence-corrected chi connectivity index (χ0v) is 12.8. The lowest BCUT2D eigenvalue weighted by Crippen LogP contribution is -2.44. The van der Waals surface area contributed by atoms with Crippen molar-refractivity contribution in [3.05, 3.63) is 35.6 Å². The molecule has 1 aliphatic rings. The van der Waals surface area contributed by atoms with E-state index in [0.29, 0.717) is 17.4 Å². The second-order valence-corrected chi connectivity index (χ2v) is 7.63. The Hall–Kier alpha value is -0.940. The summed E-state index contributed by atoms with van der Waals surface area (Å²) in [5, 5.41) is 0. The quantitative estimate of drug-likeness (QED) is 0.928. The van der Waals surface area contributed by atoms with Gasteiger partial charge in [-0.05, 0) is 36.0 Å². The van der Waals surface area contributed by atoms with E-state index < -0.39 is 10.0 Å². The van der Waals surface area contributed by atoms with Crippen LogP contribution in [-0.2, 0) is 15.8 Å². The predicted molar refractivity (Wildman–Crippen MR) is 78.1 cm³/mol. The average Bonchev–Trinajstić information content (AvgIpc) is 2.37. The number of halogens is 1. The van der Waals surface area contributed by atoms with Crippen LogP contribution < -0.4 is 4.72 Å². The third kappa shape index (κ3) is 4.03. The molecule has 0 bridgehead atoms. The Bertz CT molecular complexity index is 541. The van der Waals surface area contributed by atoms with Crippen LogP contribution in [0.15, 0.2) is 24.3 Å². The summed E-state index contributed by atoms with van der Waals surface area (Å²) in [6, 6.07) is 5.62. The Kier molecular flexibility index (Phi) is 4.81. The first-order valence-corrected chi connectivity index (χ1v) is 8.77. The van der Waals surface area contributed by atoms with E-state index in [2.05, 4.69) is 18.6 Å². The van der Waals surface area contributed by atoms with E-state index in [1.165, 1.54) is 24.3 Å². The Morgan fingerprint density at radius 1 is 1.20 bits per heavy atom.